The number of nitrogens with one attached hydrogen (secondary N) is 1. The number of nitrogens with zero attached hydrogens (tertiary/aromatic N) is 3. The van der Waals surface area contributed by atoms with Gasteiger partial charge in [0.15, 0.2) is 5.96 Å². The second-order valence-corrected chi connectivity index (χ2v) is 8.71. The van der Waals surface area contributed by atoms with E-state index in [1.54, 1.807) is 7.05 Å². The van der Waals surface area contributed by atoms with Crippen LogP contribution >= 0.6 is 34.3 Å². The van der Waals surface area contributed by atoms with Gasteiger partial charge in [0.25, 0.3) is 0 Å². The van der Waals surface area contributed by atoms with E-state index in [-0.39, 0.29) is 0 Å². The third-order valence-electron chi connectivity index (χ3n) is 4.22. The topological polar surface area (TPSA) is 51.1 Å². The summed E-state index contributed by atoms with van der Waals surface area (Å²) in [7, 11) is 1.79. The average molecular weight is 399 g/mol. The standard InChI is InChI=1S/C17H23ClN4OS2/c1-19-17(20-11-14(23)15-4-5-16(18)25-15)22-8-6-21(7-9-22)12-13-3-2-10-24-13/h2-5,10,14,23H,6-9,11-12H2,1H3,(H,19,20). The van der Waals surface area contributed by atoms with Gasteiger partial charge >= 0.3 is 0 Å². The molecule has 25 heavy (non-hydrogen) atoms. The van der Waals surface area contributed by atoms with Crippen molar-refractivity contribution in [2.45, 2.75) is 12.6 Å². The predicted octanol–water partition coefficient (Wildman–Crippen LogP) is 2.89. The number of thiophene rings is 2. The van der Waals surface area contributed by atoms with Gasteiger partial charge in [0.1, 0.15) is 6.10 Å². The van der Waals surface area contributed by atoms with Crippen molar-refractivity contribution in [1.29, 1.82) is 0 Å². The molecule has 1 saturated heterocycles. The maximum absolute atomic E-state index is 10.3. The monoisotopic (exact) mass is 398 g/mol. The Morgan fingerprint density at radius 1 is 1.32 bits per heavy atom. The zero-order valence-electron chi connectivity index (χ0n) is 14.2. The Morgan fingerprint density at radius 3 is 2.72 bits per heavy atom. The van der Waals surface area contributed by atoms with Crippen LogP contribution in [0.4, 0.5) is 0 Å². The highest BCUT2D eigenvalue weighted by molar-refractivity contribution is 7.16. The second-order valence-electron chi connectivity index (χ2n) is 5.93. The molecule has 0 bridgehead atoms. The molecular formula is C17H23ClN4OS2. The first kappa shape index (κ1) is 18.7. The molecule has 0 saturated carbocycles. The van der Waals surface area contributed by atoms with Crippen LogP contribution in [-0.2, 0) is 6.54 Å². The first-order chi connectivity index (χ1) is 12.2. The van der Waals surface area contributed by atoms with Gasteiger partial charge in [0.2, 0.25) is 0 Å². The third kappa shape index (κ3) is 5.18. The summed E-state index contributed by atoms with van der Waals surface area (Å²) >= 11 is 9.15. The smallest absolute Gasteiger partial charge is 0.193 e. The van der Waals surface area contributed by atoms with Gasteiger partial charge in [-0.05, 0) is 23.6 Å². The van der Waals surface area contributed by atoms with Crippen LogP contribution < -0.4 is 5.32 Å². The number of halogens is 1. The lowest BCUT2D eigenvalue weighted by Gasteiger charge is -2.36. The fraction of sp³-hybridized carbons (Fsp3) is 0.471. The molecule has 1 fully saturated rings. The van der Waals surface area contributed by atoms with Gasteiger partial charge in [0, 0.05) is 56.1 Å². The lowest BCUT2D eigenvalue weighted by Crippen LogP contribution is -2.52. The molecule has 3 rings (SSSR count). The molecule has 3 heterocycles. The summed E-state index contributed by atoms with van der Waals surface area (Å²) in [6.07, 6.45) is -0.575. The Labute approximate surface area is 161 Å². The molecular weight excluding hydrogens is 376 g/mol. The van der Waals surface area contributed by atoms with Crippen molar-refractivity contribution in [3.05, 3.63) is 43.7 Å². The molecule has 1 aliphatic rings. The van der Waals surface area contributed by atoms with Gasteiger partial charge in [-0.25, -0.2) is 0 Å². The highest BCUT2D eigenvalue weighted by Crippen LogP contribution is 2.26. The minimum absolute atomic E-state index is 0.429. The summed E-state index contributed by atoms with van der Waals surface area (Å²) in [6, 6.07) is 7.97. The van der Waals surface area contributed by atoms with Crippen molar-refractivity contribution in [2.75, 3.05) is 39.8 Å². The van der Waals surface area contributed by atoms with E-state index in [1.165, 1.54) is 16.2 Å². The Kier molecular flexibility index (Phi) is 6.72. The molecule has 0 aromatic carbocycles. The summed E-state index contributed by atoms with van der Waals surface area (Å²) in [6.45, 7) is 5.36. The summed E-state index contributed by atoms with van der Waals surface area (Å²) in [4.78, 5) is 11.4. The number of piperazine rings is 1. The molecule has 2 N–H and O–H groups in total. The van der Waals surface area contributed by atoms with Crippen LogP contribution in [-0.4, -0.2) is 60.6 Å². The molecule has 5 nitrogen and oxygen atoms in total. The molecule has 0 amide bonds. The molecule has 0 spiro atoms. The molecule has 1 atom stereocenters. The average Bonchev–Trinajstić information content (AvgIpc) is 3.28. The Balaban J connectivity index is 1.46. The quantitative estimate of drug-likeness (QED) is 0.600. The normalized spacial score (nSPS) is 17.7. The van der Waals surface area contributed by atoms with Crippen molar-refractivity contribution >= 4 is 40.2 Å². The number of aliphatic hydroxyl groups is 1. The first-order valence-electron chi connectivity index (χ1n) is 8.29. The highest BCUT2D eigenvalue weighted by Gasteiger charge is 2.20. The first-order valence-corrected chi connectivity index (χ1v) is 10.4. The van der Waals surface area contributed by atoms with E-state index in [1.807, 2.05) is 23.5 Å². The number of hydrogen-bond acceptors (Lipinski definition) is 5. The zero-order valence-corrected chi connectivity index (χ0v) is 16.6. The van der Waals surface area contributed by atoms with Crippen LogP contribution in [0.15, 0.2) is 34.6 Å². The summed E-state index contributed by atoms with van der Waals surface area (Å²) in [5, 5.41) is 15.7. The molecule has 1 aliphatic heterocycles. The lowest BCUT2D eigenvalue weighted by molar-refractivity contribution is 0.166. The van der Waals surface area contributed by atoms with Crippen molar-refractivity contribution in [3.63, 3.8) is 0 Å². The second kappa shape index (κ2) is 9.00. The predicted molar refractivity (Wildman–Crippen MR) is 107 cm³/mol. The van der Waals surface area contributed by atoms with Gasteiger partial charge < -0.3 is 15.3 Å². The van der Waals surface area contributed by atoms with Crippen molar-refractivity contribution < 1.29 is 5.11 Å². The number of aliphatic imine (C=N–C) groups is 1. The maximum atomic E-state index is 10.3. The van der Waals surface area contributed by atoms with Crippen LogP contribution in [0.5, 0.6) is 0 Å². The fourth-order valence-corrected chi connectivity index (χ4v) is 4.66. The molecule has 0 aliphatic carbocycles. The van der Waals surface area contributed by atoms with Crippen LogP contribution in [0.3, 0.4) is 0 Å². The highest BCUT2D eigenvalue weighted by atomic mass is 35.5. The summed E-state index contributed by atoms with van der Waals surface area (Å²) in [5.41, 5.74) is 0. The van der Waals surface area contributed by atoms with Crippen molar-refractivity contribution in [3.8, 4) is 0 Å². The van der Waals surface area contributed by atoms with Gasteiger partial charge in [0.05, 0.1) is 4.34 Å². The largest absolute Gasteiger partial charge is 0.386 e. The number of aliphatic hydroxyl groups excluding tert-OH is 1. The van der Waals surface area contributed by atoms with Crippen molar-refractivity contribution in [1.82, 2.24) is 15.1 Å². The Hall–Kier alpha value is -1.12. The van der Waals surface area contributed by atoms with E-state index in [9.17, 15) is 5.11 Å². The third-order valence-corrected chi connectivity index (χ3v) is 6.41. The molecule has 2 aromatic rings. The van der Waals surface area contributed by atoms with E-state index < -0.39 is 6.10 Å². The van der Waals surface area contributed by atoms with E-state index in [2.05, 4.69) is 37.6 Å². The molecule has 0 radical (unpaired) electrons. The van der Waals surface area contributed by atoms with Crippen LogP contribution in [0, 0.1) is 0 Å². The van der Waals surface area contributed by atoms with E-state index in [4.69, 9.17) is 11.6 Å². The Bertz CT molecular complexity index is 681. The van der Waals surface area contributed by atoms with Gasteiger partial charge in [-0.15, -0.1) is 22.7 Å². The van der Waals surface area contributed by atoms with Gasteiger partial charge in [-0.2, -0.15) is 0 Å². The maximum Gasteiger partial charge on any atom is 0.193 e. The number of rotatable bonds is 5. The molecule has 136 valence electrons. The summed E-state index contributed by atoms with van der Waals surface area (Å²) in [5.74, 6) is 0.845. The van der Waals surface area contributed by atoms with Crippen LogP contribution in [0.1, 0.15) is 15.9 Å². The number of hydrogen-bond donors (Lipinski definition) is 2. The molecule has 2 aromatic heterocycles. The lowest BCUT2D eigenvalue weighted by atomic mass is 10.3. The van der Waals surface area contributed by atoms with E-state index >= 15 is 0 Å². The van der Waals surface area contributed by atoms with Gasteiger partial charge in [-0.1, -0.05) is 17.7 Å². The van der Waals surface area contributed by atoms with E-state index in [0.717, 1.165) is 43.6 Å². The van der Waals surface area contributed by atoms with Gasteiger partial charge in [-0.3, -0.25) is 9.89 Å². The minimum atomic E-state index is -0.575. The SMILES string of the molecule is CN=C(NCC(O)c1ccc(Cl)s1)N1CCN(Cc2cccs2)CC1. The molecule has 8 heteroatoms. The Morgan fingerprint density at radius 2 is 2.12 bits per heavy atom. The number of guanidine groups is 1. The zero-order chi connectivity index (χ0) is 17.6. The summed E-state index contributed by atoms with van der Waals surface area (Å²) < 4.78 is 0.695. The van der Waals surface area contributed by atoms with E-state index in [0.29, 0.717) is 10.9 Å². The van der Waals surface area contributed by atoms with Crippen LogP contribution in [0.2, 0.25) is 4.34 Å². The minimum Gasteiger partial charge on any atom is -0.386 e. The van der Waals surface area contributed by atoms with Crippen molar-refractivity contribution in [2.24, 2.45) is 4.99 Å². The fourth-order valence-electron chi connectivity index (χ4n) is 2.87. The molecule has 1 unspecified atom stereocenters. The van der Waals surface area contributed by atoms with Crippen LogP contribution in [0.25, 0.3) is 0 Å².